The topological polar surface area (TPSA) is 50.2 Å². The van der Waals surface area contributed by atoms with Gasteiger partial charge in [-0.25, -0.2) is 0 Å². The van der Waals surface area contributed by atoms with Gasteiger partial charge in [-0.05, 0) is 48.1 Å². The minimum Gasteiger partial charge on any atom is -0.481 e. The monoisotopic (exact) mass is 253 g/mol. The van der Waals surface area contributed by atoms with Crippen LogP contribution in [0.2, 0.25) is 0 Å². The molecule has 1 saturated carbocycles. The van der Waals surface area contributed by atoms with E-state index in [0.717, 1.165) is 29.5 Å². The van der Waals surface area contributed by atoms with Crippen molar-refractivity contribution in [2.75, 3.05) is 0 Å². The summed E-state index contributed by atoms with van der Waals surface area (Å²) < 4.78 is 0. The standard InChI is InChI=1S/C16H15NO2/c18-15(19)16(7-8-16)11-13-3-1-2-4-14(13)12-5-9-17-10-6-12/h1-6,9-10H,7-8,11H2,(H,18,19). The van der Waals surface area contributed by atoms with Gasteiger partial charge in [0, 0.05) is 12.4 Å². The second-order valence-electron chi connectivity index (χ2n) is 5.16. The molecule has 0 bridgehead atoms. The zero-order valence-corrected chi connectivity index (χ0v) is 10.5. The second-order valence-corrected chi connectivity index (χ2v) is 5.16. The maximum absolute atomic E-state index is 11.3. The Balaban J connectivity index is 1.97. The number of hydrogen-bond donors (Lipinski definition) is 1. The van der Waals surface area contributed by atoms with Crippen LogP contribution in [0.5, 0.6) is 0 Å². The molecular formula is C16H15NO2. The van der Waals surface area contributed by atoms with Crippen LogP contribution in [0.15, 0.2) is 48.8 Å². The van der Waals surface area contributed by atoms with Crippen LogP contribution < -0.4 is 0 Å². The largest absolute Gasteiger partial charge is 0.481 e. The van der Waals surface area contributed by atoms with Crippen molar-refractivity contribution in [1.82, 2.24) is 4.98 Å². The summed E-state index contributed by atoms with van der Waals surface area (Å²) in [6, 6.07) is 11.9. The van der Waals surface area contributed by atoms with E-state index in [-0.39, 0.29) is 0 Å². The van der Waals surface area contributed by atoms with Gasteiger partial charge in [0.1, 0.15) is 0 Å². The van der Waals surface area contributed by atoms with Gasteiger partial charge in [0.25, 0.3) is 0 Å². The molecule has 1 N–H and O–H groups in total. The van der Waals surface area contributed by atoms with Gasteiger partial charge in [-0.2, -0.15) is 0 Å². The highest BCUT2D eigenvalue weighted by atomic mass is 16.4. The molecule has 2 aromatic rings. The first-order valence-electron chi connectivity index (χ1n) is 6.43. The number of rotatable bonds is 4. The van der Waals surface area contributed by atoms with E-state index in [4.69, 9.17) is 0 Å². The highest BCUT2D eigenvalue weighted by Crippen LogP contribution is 2.49. The smallest absolute Gasteiger partial charge is 0.309 e. The third kappa shape index (κ3) is 2.24. The number of carbonyl (C=O) groups is 1. The summed E-state index contributed by atoms with van der Waals surface area (Å²) in [6.45, 7) is 0. The van der Waals surface area contributed by atoms with Gasteiger partial charge in [-0.1, -0.05) is 24.3 Å². The van der Waals surface area contributed by atoms with Gasteiger partial charge < -0.3 is 5.11 Å². The van der Waals surface area contributed by atoms with E-state index in [1.54, 1.807) is 12.4 Å². The Labute approximate surface area is 111 Å². The number of nitrogens with zero attached hydrogens (tertiary/aromatic N) is 1. The normalized spacial score (nSPS) is 16.0. The number of benzene rings is 1. The van der Waals surface area contributed by atoms with Crippen LogP contribution in [0.25, 0.3) is 11.1 Å². The number of aliphatic carboxylic acids is 1. The maximum Gasteiger partial charge on any atom is 0.309 e. The van der Waals surface area contributed by atoms with Crippen LogP contribution >= 0.6 is 0 Å². The average molecular weight is 253 g/mol. The fourth-order valence-corrected chi connectivity index (χ4v) is 2.47. The van der Waals surface area contributed by atoms with Crippen molar-refractivity contribution in [2.45, 2.75) is 19.3 Å². The Hall–Kier alpha value is -2.16. The molecule has 1 aliphatic carbocycles. The third-order valence-electron chi connectivity index (χ3n) is 3.84. The molecule has 0 unspecified atom stereocenters. The molecule has 0 atom stereocenters. The van der Waals surface area contributed by atoms with Crippen molar-refractivity contribution in [3.8, 4) is 11.1 Å². The van der Waals surface area contributed by atoms with Crippen molar-refractivity contribution < 1.29 is 9.90 Å². The van der Waals surface area contributed by atoms with Crippen LogP contribution in [0, 0.1) is 5.41 Å². The van der Waals surface area contributed by atoms with Crippen molar-refractivity contribution in [3.63, 3.8) is 0 Å². The first kappa shape index (κ1) is 11.9. The Morgan fingerprint density at radius 2 is 1.84 bits per heavy atom. The van der Waals surface area contributed by atoms with Crippen LogP contribution in [0.4, 0.5) is 0 Å². The first-order valence-corrected chi connectivity index (χ1v) is 6.43. The molecule has 19 heavy (non-hydrogen) atoms. The molecule has 1 aromatic carbocycles. The molecule has 0 aliphatic heterocycles. The Morgan fingerprint density at radius 1 is 1.16 bits per heavy atom. The highest BCUT2D eigenvalue weighted by Gasteiger charge is 2.50. The molecule has 0 saturated heterocycles. The van der Waals surface area contributed by atoms with E-state index in [0.29, 0.717) is 6.42 Å². The Morgan fingerprint density at radius 3 is 2.47 bits per heavy atom. The molecule has 3 nitrogen and oxygen atoms in total. The molecule has 0 spiro atoms. The van der Waals surface area contributed by atoms with Crippen molar-refractivity contribution >= 4 is 5.97 Å². The summed E-state index contributed by atoms with van der Waals surface area (Å²) in [6.07, 6.45) is 5.70. The predicted molar refractivity (Wildman–Crippen MR) is 72.7 cm³/mol. The first-order chi connectivity index (χ1) is 9.21. The van der Waals surface area contributed by atoms with Gasteiger partial charge in [-0.15, -0.1) is 0 Å². The summed E-state index contributed by atoms with van der Waals surface area (Å²) in [4.78, 5) is 15.3. The zero-order chi connectivity index (χ0) is 13.3. The molecule has 1 fully saturated rings. The predicted octanol–water partition coefficient (Wildman–Crippen LogP) is 3.16. The van der Waals surface area contributed by atoms with Gasteiger partial charge in [-0.3, -0.25) is 9.78 Å². The van der Waals surface area contributed by atoms with Crippen molar-refractivity contribution in [3.05, 3.63) is 54.4 Å². The number of carboxylic acid groups (broad SMARTS) is 1. The lowest BCUT2D eigenvalue weighted by Crippen LogP contribution is -2.17. The molecule has 3 rings (SSSR count). The maximum atomic E-state index is 11.3. The summed E-state index contributed by atoms with van der Waals surface area (Å²) in [5.74, 6) is -0.669. The highest BCUT2D eigenvalue weighted by molar-refractivity contribution is 5.79. The molecular weight excluding hydrogens is 238 g/mol. The van der Waals surface area contributed by atoms with E-state index in [1.807, 2.05) is 36.4 Å². The summed E-state index contributed by atoms with van der Waals surface area (Å²) in [7, 11) is 0. The van der Waals surface area contributed by atoms with E-state index in [2.05, 4.69) is 4.98 Å². The summed E-state index contributed by atoms with van der Waals surface area (Å²) in [5, 5.41) is 9.32. The molecule has 96 valence electrons. The quantitative estimate of drug-likeness (QED) is 0.910. The van der Waals surface area contributed by atoms with Crippen LogP contribution in [0.3, 0.4) is 0 Å². The minimum atomic E-state index is -0.669. The van der Waals surface area contributed by atoms with Gasteiger partial charge in [0.15, 0.2) is 0 Å². The molecule has 0 amide bonds. The lowest BCUT2D eigenvalue weighted by molar-refractivity contribution is -0.143. The fraction of sp³-hybridized carbons (Fsp3) is 0.250. The SMILES string of the molecule is O=C(O)C1(Cc2ccccc2-c2ccncc2)CC1. The zero-order valence-electron chi connectivity index (χ0n) is 10.5. The molecule has 1 aliphatic rings. The van der Waals surface area contributed by atoms with Crippen LogP contribution in [-0.4, -0.2) is 16.1 Å². The van der Waals surface area contributed by atoms with E-state index < -0.39 is 11.4 Å². The van der Waals surface area contributed by atoms with Crippen LogP contribution in [-0.2, 0) is 11.2 Å². The molecule has 1 aromatic heterocycles. The van der Waals surface area contributed by atoms with E-state index in [9.17, 15) is 9.90 Å². The molecule has 0 radical (unpaired) electrons. The lowest BCUT2D eigenvalue weighted by atomic mass is 9.91. The molecule has 3 heteroatoms. The Kier molecular flexibility index (Phi) is 2.82. The van der Waals surface area contributed by atoms with Gasteiger partial charge >= 0.3 is 5.97 Å². The number of aromatic nitrogens is 1. The number of pyridine rings is 1. The van der Waals surface area contributed by atoms with E-state index in [1.165, 1.54) is 0 Å². The number of hydrogen-bond acceptors (Lipinski definition) is 2. The average Bonchev–Trinajstić information content (AvgIpc) is 3.21. The second kappa shape index (κ2) is 4.50. The third-order valence-corrected chi connectivity index (χ3v) is 3.84. The summed E-state index contributed by atoms with van der Waals surface area (Å²) >= 11 is 0. The Bertz CT molecular complexity index is 603. The van der Waals surface area contributed by atoms with Gasteiger partial charge in [0.2, 0.25) is 0 Å². The van der Waals surface area contributed by atoms with Crippen molar-refractivity contribution in [1.29, 1.82) is 0 Å². The lowest BCUT2D eigenvalue weighted by Gasteiger charge is -2.14. The van der Waals surface area contributed by atoms with Crippen molar-refractivity contribution in [2.24, 2.45) is 5.41 Å². The number of carboxylic acids is 1. The minimum absolute atomic E-state index is 0.525. The van der Waals surface area contributed by atoms with E-state index >= 15 is 0 Å². The molecule has 1 heterocycles. The summed E-state index contributed by atoms with van der Waals surface area (Å²) in [5.41, 5.74) is 2.78. The van der Waals surface area contributed by atoms with Gasteiger partial charge in [0.05, 0.1) is 5.41 Å². The fourth-order valence-electron chi connectivity index (χ4n) is 2.47. The van der Waals surface area contributed by atoms with Crippen LogP contribution in [0.1, 0.15) is 18.4 Å².